The van der Waals surface area contributed by atoms with Crippen molar-refractivity contribution in [3.8, 4) is 28.0 Å². The largest absolute Gasteiger partial charge is 0.427 e. The fraction of sp³-hybridized carbons (Fsp3) is 0.280. The van der Waals surface area contributed by atoms with Crippen molar-refractivity contribution in [3.05, 3.63) is 77.1 Å². The SMILES string of the molecule is CCCCc1ccc(-c2ccc3c(c2)C(F)(F)Oc2c-3ccc(CC)c2F)cc1. The van der Waals surface area contributed by atoms with Crippen LogP contribution in [-0.4, -0.2) is 0 Å². The van der Waals surface area contributed by atoms with Crippen LogP contribution in [-0.2, 0) is 19.0 Å². The number of unbranched alkanes of at least 4 members (excludes halogenated alkanes) is 1. The standard InChI is InChI=1S/C25H23F3O/c1-3-5-6-16-7-9-18(10-8-16)19-12-13-20-21-14-11-17(4-2)23(26)24(21)29-25(27,28)22(20)15-19/h7-15H,3-6H2,1-2H3. The van der Waals surface area contributed by atoms with Gasteiger partial charge in [-0.1, -0.05) is 68.8 Å². The molecule has 1 aliphatic rings. The van der Waals surface area contributed by atoms with E-state index in [0.717, 1.165) is 24.8 Å². The molecule has 29 heavy (non-hydrogen) atoms. The van der Waals surface area contributed by atoms with Gasteiger partial charge in [0.15, 0.2) is 11.6 Å². The Hall–Kier alpha value is -2.75. The number of hydrogen-bond acceptors (Lipinski definition) is 1. The van der Waals surface area contributed by atoms with Crippen LogP contribution < -0.4 is 4.74 Å². The zero-order valence-electron chi connectivity index (χ0n) is 16.6. The predicted molar refractivity (Wildman–Crippen MR) is 110 cm³/mol. The van der Waals surface area contributed by atoms with Crippen molar-refractivity contribution >= 4 is 0 Å². The van der Waals surface area contributed by atoms with Gasteiger partial charge in [0.1, 0.15) is 0 Å². The zero-order valence-corrected chi connectivity index (χ0v) is 16.6. The first kappa shape index (κ1) is 19.6. The average Bonchev–Trinajstić information content (AvgIpc) is 2.73. The summed E-state index contributed by atoms with van der Waals surface area (Å²) in [5.74, 6) is -1.07. The molecule has 0 fully saturated rings. The van der Waals surface area contributed by atoms with Crippen LogP contribution in [0.2, 0.25) is 0 Å². The normalized spacial score (nSPS) is 14.1. The van der Waals surface area contributed by atoms with E-state index in [-0.39, 0.29) is 11.3 Å². The van der Waals surface area contributed by atoms with Crippen molar-refractivity contribution in [2.24, 2.45) is 0 Å². The van der Waals surface area contributed by atoms with Gasteiger partial charge in [-0.25, -0.2) is 4.39 Å². The quantitative estimate of drug-likeness (QED) is 0.434. The van der Waals surface area contributed by atoms with Crippen LogP contribution in [0.1, 0.15) is 43.4 Å². The lowest BCUT2D eigenvalue weighted by molar-refractivity contribution is -0.188. The number of rotatable bonds is 5. The minimum Gasteiger partial charge on any atom is -0.425 e. The summed E-state index contributed by atoms with van der Waals surface area (Å²) in [6, 6.07) is 16.2. The molecule has 4 rings (SSSR count). The summed E-state index contributed by atoms with van der Waals surface area (Å²) in [4.78, 5) is 0. The van der Waals surface area contributed by atoms with Gasteiger partial charge >= 0.3 is 6.11 Å². The highest BCUT2D eigenvalue weighted by molar-refractivity contribution is 5.80. The molecular formula is C25H23F3O. The molecular weight excluding hydrogens is 373 g/mol. The Morgan fingerprint density at radius 3 is 2.24 bits per heavy atom. The van der Waals surface area contributed by atoms with Gasteiger partial charge in [0.2, 0.25) is 0 Å². The molecule has 0 bridgehead atoms. The maximum Gasteiger partial charge on any atom is 0.427 e. The van der Waals surface area contributed by atoms with E-state index in [1.54, 1.807) is 31.2 Å². The zero-order chi connectivity index (χ0) is 20.6. The molecule has 0 amide bonds. The number of benzene rings is 3. The molecule has 0 aromatic heterocycles. The number of ether oxygens (including phenoxy) is 1. The van der Waals surface area contributed by atoms with Crippen LogP contribution >= 0.6 is 0 Å². The molecule has 150 valence electrons. The van der Waals surface area contributed by atoms with E-state index in [4.69, 9.17) is 4.74 Å². The fourth-order valence-corrected chi connectivity index (χ4v) is 3.81. The summed E-state index contributed by atoms with van der Waals surface area (Å²) >= 11 is 0. The van der Waals surface area contributed by atoms with Crippen LogP contribution in [0.5, 0.6) is 5.75 Å². The van der Waals surface area contributed by atoms with E-state index in [2.05, 4.69) is 6.92 Å². The van der Waals surface area contributed by atoms with Crippen LogP contribution in [0, 0.1) is 5.82 Å². The monoisotopic (exact) mass is 396 g/mol. The van der Waals surface area contributed by atoms with E-state index in [1.165, 1.54) is 11.6 Å². The van der Waals surface area contributed by atoms with E-state index in [0.29, 0.717) is 28.7 Å². The Balaban J connectivity index is 1.76. The number of halogens is 3. The molecule has 0 aliphatic carbocycles. The lowest BCUT2D eigenvalue weighted by Crippen LogP contribution is -2.27. The van der Waals surface area contributed by atoms with Gasteiger partial charge in [-0.2, -0.15) is 8.78 Å². The Kier molecular flexibility index (Phi) is 5.12. The van der Waals surface area contributed by atoms with Crippen molar-refractivity contribution in [3.63, 3.8) is 0 Å². The first-order chi connectivity index (χ1) is 13.9. The summed E-state index contributed by atoms with van der Waals surface area (Å²) in [5, 5.41) is 0. The predicted octanol–water partition coefficient (Wildman–Crippen LogP) is 7.51. The highest BCUT2D eigenvalue weighted by Gasteiger charge is 2.43. The van der Waals surface area contributed by atoms with Gasteiger partial charge in [0.05, 0.1) is 5.56 Å². The molecule has 1 aliphatic heterocycles. The Labute approximate surface area is 169 Å². The van der Waals surface area contributed by atoms with Gasteiger partial charge in [-0.15, -0.1) is 0 Å². The van der Waals surface area contributed by atoms with Crippen LogP contribution in [0.4, 0.5) is 13.2 Å². The third-order valence-corrected chi connectivity index (χ3v) is 5.52. The van der Waals surface area contributed by atoms with Gasteiger partial charge in [-0.3, -0.25) is 0 Å². The number of hydrogen-bond donors (Lipinski definition) is 0. The van der Waals surface area contributed by atoms with Gasteiger partial charge < -0.3 is 4.74 Å². The van der Waals surface area contributed by atoms with Crippen LogP contribution in [0.3, 0.4) is 0 Å². The number of fused-ring (bicyclic) bond motifs is 3. The van der Waals surface area contributed by atoms with Crippen LogP contribution in [0.15, 0.2) is 54.6 Å². The van der Waals surface area contributed by atoms with E-state index in [9.17, 15) is 13.2 Å². The van der Waals surface area contributed by atoms with Gasteiger partial charge in [0, 0.05) is 5.56 Å². The molecule has 1 nitrogen and oxygen atoms in total. The van der Waals surface area contributed by atoms with Crippen molar-refractivity contribution < 1.29 is 17.9 Å². The topological polar surface area (TPSA) is 9.23 Å². The summed E-state index contributed by atoms with van der Waals surface area (Å²) in [5.41, 5.74) is 3.58. The second-order valence-corrected chi connectivity index (χ2v) is 7.45. The van der Waals surface area contributed by atoms with Crippen molar-refractivity contribution in [1.82, 2.24) is 0 Å². The molecule has 0 saturated heterocycles. The lowest BCUT2D eigenvalue weighted by atomic mass is 9.91. The van der Waals surface area contributed by atoms with Crippen molar-refractivity contribution in [2.75, 3.05) is 0 Å². The van der Waals surface area contributed by atoms with Gasteiger partial charge in [0.25, 0.3) is 0 Å². The molecule has 0 spiro atoms. The molecule has 0 N–H and O–H groups in total. The lowest BCUT2D eigenvalue weighted by Gasteiger charge is -2.29. The third kappa shape index (κ3) is 3.52. The molecule has 0 atom stereocenters. The molecule has 4 heteroatoms. The summed E-state index contributed by atoms with van der Waals surface area (Å²) in [7, 11) is 0. The summed E-state index contributed by atoms with van der Waals surface area (Å²) in [6.07, 6.45) is 0.0800. The number of alkyl halides is 2. The highest BCUT2D eigenvalue weighted by Crippen LogP contribution is 2.49. The average molecular weight is 396 g/mol. The second-order valence-electron chi connectivity index (χ2n) is 7.45. The molecule has 3 aromatic carbocycles. The molecule has 1 heterocycles. The third-order valence-electron chi connectivity index (χ3n) is 5.52. The maximum atomic E-state index is 14.8. The number of aryl methyl sites for hydroxylation is 2. The van der Waals surface area contributed by atoms with Gasteiger partial charge in [-0.05, 0) is 53.1 Å². The highest BCUT2D eigenvalue weighted by atomic mass is 19.3. The molecule has 0 radical (unpaired) electrons. The Bertz CT molecular complexity index is 1040. The minimum absolute atomic E-state index is 0.235. The van der Waals surface area contributed by atoms with Crippen molar-refractivity contribution in [2.45, 2.75) is 45.6 Å². The first-order valence-corrected chi connectivity index (χ1v) is 10.1. The van der Waals surface area contributed by atoms with E-state index in [1.807, 2.05) is 24.3 Å². The molecule has 3 aromatic rings. The maximum absolute atomic E-state index is 14.8. The van der Waals surface area contributed by atoms with Crippen molar-refractivity contribution in [1.29, 1.82) is 0 Å². The Morgan fingerprint density at radius 1 is 0.862 bits per heavy atom. The fourth-order valence-electron chi connectivity index (χ4n) is 3.81. The minimum atomic E-state index is -3.59. The van der Waals surface area contributed by atoms with E-state index >= 15 is 0 Å². The first-order valence-electron chi connectivity index (χ1n) is 10.1. The van der Waals surface area contributed by atoms with E-state index < -0.39 is 11.9 Å². The smallest absolute Gasteiger partial charge is 0.425 e. The Morgan fingerprint density at radius 2 is 1.55 bits per heavy atom. The summed E-state index contributed by atoms with van der Waals surface area (Å²) < 4.78 is 49.1. The summed E-state index contributed by atoms with van der Waals surface area (Å²) in [6.45, 7) is 3.93. The molecule has 0 unspecified atom stereocenters. The van der Waals surface area contributed by atoms with Crippen LogP contribution in [0.25, 0.3) is 22.3 Å². The second kappa shape index (κ2) is 7.58. The molecule has 0 saturated carbocycles.